The lowest BCUT2D eigenvalue weighted by molar-refractivity contribution is -0.126. The highest BCUT2D eigenvalue weighted by Gasteiger charge is 2.39. The molecule has 1 aromatic carbocycles. The van der Waals surface area contributed by atoms with Gasteiger partial charge in [0, 0.05) is 25.2 Å². The van der Waals surface area contributed by atoms with Crippen molar-refractivity contribution in [3.8, 4) is 11.5 Å². The van der Waals surface area contributed by atoms with Crippen molar-refractivity contribution in [2.45, 2.75) is 44.6 Å². The lowest BCUT2D eigenvalue weighted by Crippen LogP contribution is -2.48. The number of methoxy groups -OCH3 is 2. The summed E-state index contributed by atoms with van der Waals surface area (Å²) in [5.41, 5.74) is 0.524. The molecule has 1 N–H and O–H groups in total. The molecule has 0 spiro atoms. The van der Waals surface area contributed by atoms with Crippen LogP contribution in [0.15, 0.2) is 18.2 Å². The van der Waals surface area contributed by atoms with Crippen LogP contribution in [0.4, 0.5) is 0 Å². The second-order valence-electron chi connectivity index (χ2n) is 7.02. The van der Waals surface area contributed by atoms with Gasteiger partial charge < -0.3 is 19.7 Å². The number of fused-ring (bicyclic) bond motifs is 1. The average molecular weight is 360 g/mol. The van der Waals surface area contributed by atoms with Crippen LogP contribution >= 0.6 is 0 Å². The first-order valence-corrected chi connectivity index (χ1v) is 9.46. The first kappa shape index (κ1) is 18.5. The van der Waals surface area contributed by atoms with E-state index in [9.17, 15) is 9.59 Å². The van der Waals surface area contributed by atoms with Crippen molar-refractivity contribution in [2.75, 3.05) is 27.3 Å². The lowest BCUT2D eigenvalue weighted by atomic mass is 9.98. The van der Waals surface area contributed by atoms with Crippen LogP contribution in [-0.4, -0.2) is 50.1 Å². The zero-order valence-corrected chi connectivity index (χ0v) is 15.6. The smallest absolute Gasteiger partial charge is 0.257 e. The van der Waals surface area contributed by atoms with E-state index in [-0.39, 0.29) is 23.8 Å². The van der Waals surface area contributed by atoms with Gasteiger partial charge in [0.1, 0.15) is 11.5 Å². The van der Waals surface area contributed by atoms with Gasteiger partial charge in [-0.15, -0.1) is 0 Å². The monoisotopic (exact) mass is 360 g/mol. The van der Waals surface area contributed by atoms with E-state index in [4.69, 9.17) is 9.47 Å². The van der Waals surface area contributed by atoms with Crippen LogP contribution in [0.2, 0.25) is 0 Å². The Labute approximate surface area is 154 Å². The maximum atomic E-state index is 13.4. The Morgan fingerprint density at radius 1 is 1.12 bits per heavy atom. The number of nitrogens with zero attached hydrogens (tertiary/aromatic N) is 1. The molecule has 26 heavy (non-hydrogen) atoms. The van der Waals surface area contributed by atoms with Crippen molar-refractivity contribution < 1.29 is 19.1 Å². The van der Waals surface area contributed by atoms with Crippen LogP contribution in [-0.2, 0) is 4.79 Å². The highest BCUT2D eigenvalue weighted by Crippen LogP contribution is 2.34. The summed E-state index contributed by atoms with van der Waals surface area (Å²) in [6.07, 6.45) is 5.61. The van der Waals surface area contributed by atoms with E-state index in [1.54, 1.807) is 32.4 Å². The van der Waals surface area contributed by atoms with Gasteiger partial charge in [-0.3, -0.25) is 9.59 Å². The van der Waals surface area contributed by atoms with Gasteiger partial charge in [0.25, 0.3) is 5.91 Å². The summed E-state index contributed by atoms with van der Waals surface area (Å²) < 4.78 is 10.7. The van der Waals surface area contributed by atoms with Gasteiger partial charge in [0.15, 0.2) is 0 Å². The summed E-state index contributed by atoms with van der Waals surface area (Å²) in [5.74, 6) is 1.08. The predicted molar refractivity (Wildman–Crippen MR) is 98.6 cm³/mol. The van der Waals surface area contributed by atoms with E-state index in [0.29, 0.717) is 23.6 Å². The van der Waals surface area contributed by atoms with E-state index < -0.39 is 0 Å². The summed E-state index contributed by atoms with van der Waals surface area (Å²) in [6, 6.07) is 5.22. The van der Waals surface area contributed by atoms with E-state index in [1.807, 2.05) is 4.90 Å². The highest BCUT2D eigenvalue weighted by molar-refractivity contribution is 5.97. The Bertz CT molecular complexity index is 661. The van der Waals surface area contributed by atoms with Gasteiger partial charge in [-0.25, -0.2) is 0 Å². The number of benzene rings is 1. The quantitative estimate of drug-likeness (QED) is 0.900. The third kappa shape index (κ3) is 3.79. The molecule has 0 aromatic heterocycles. The van der Waals surface area contributed by atoms with Crippen molar-refractivity contribution in [3.63, 3.8) is 0 Å². The van der Waals surface area contributed by atoms with E-state index in [2.05, 4.69) is 5.32 Å². The SMILES string of the molecule is COc1ccc(C(=O)N2CCCCCNC(=O)[C@@H]3CCC[C@@H]32)c(OC)c1. The largest absolute Gasteiger partial charge is 0.497 e. The molecule has 142 valence electrons. The first-order chi connectivity index (χ1) is 12.7. The summed E-state index contributed by atoms with van der Waals surface area (Å²) in [7, 11) is 3.14. The van der Waals surface area contributed by atoms with E-state index in [1.165, 1.54) is 0 Å². The van der Waals surface area contributed by atoms with Gasteiger partial charge in [0.05, 0.1) is 25.7 Å². The molecule has 2 fully saturated rings. The minimum absolute atomic E-state index is 0.0348. The van der Waals surface area contributed by atoms with Crippen molar-refractivity contribution in [3.05, 3.63) is 23.8 Å². The average Bonchev–Trinajstić information content (AvgIpc) is 3.15. The Kier molecular flexibility index (Phi) is 6.01. The summed E-state index contributed by atoms with van der Waals surface area (Å²) in [4.78, 5) is 27.8. The summed E-state index contributed by atoms with van der Waals surface area (Å²) in [6.45, 7) is 1.42. The molecule has 6 nitrogen and oxygen atoms in total. The third-order valence-corrected chi connectivity index (χ3v) is 5.49. The molecule has 1 saturated carbocycles. The summed E-state index contributed by atoms with van der Waals surface area (Å²) in [5, 5.41) is 3.04. The van der Waals surface area contributed by atoms with Gasteiger partial charge in [-0.1, -0.05) is 6.42 Å². The molecule has 2 amide bonds. The molecule has 3 rings (SSSR count). The fraction of sp³-hybridized carbons (Fsp3) is 0.600. The number of rotatable bonds is 3. The lowest BCUT2D eigenvalue weighted by Gasteiger charge is -2.34. The molecule has 6 heteroatoms. The van der Waals surface area contributed by atoms with Crippen LogP contribution in [0.25, 0.3) is 0 Å². The molecule has 1 aliphatic heterocycles. The number of hydrogen-bond acceptors (Lipinski definition) is 4. The van der Waals surface area contributed by atoms with E-state index in [0.717, 1.165) is 45.1 Å². The van der Waals surface area contributed by atoms with Crippen LogP contribution in [0.5, 0.6) is 11.5 Å². The molecular formula is C20H28N2O4. The minimum Gasteiger partial charge on any atom is -0.497 e. The predicted octanol–water partition coefficient (Wildman–Crippen LogP) is 2.61. The first-order valence-electron chi connectivity index (χ1n) is 9.46. The van der Waals surface area contributed by atoms with Gasteiger partial charge >= 0.3 is 0 Å². The van der Waals surface area contributed by atoms with Gasteiger partial charge in [0.2, 0.25) is 5.91 Å². The molecule has 1 aliphatic carbocycles. The zero-order valence-electron chi connectivity index (χ0n) is 15.6. The number of carbonyl (C=O) groups excluding carboxylic acids is 2. The highest BCUT2D eigenvalue weighted by atomic mass is 16.5. The van der Waals surface area contributed by atoms with Crippen molar-refractivity contribution in [2.24, 2.45) is 5.92 Å². The number of carbonyl (C=O) groups is 2. The number of hydrogen-bond donors (Lipinski definition) is 1. The van der Waals surface area contributed by atoms with Crippen LogP contribution < -0.4 is 14.8 Å². The Balaban J connectivity index is 1.90. The number of nitrogens with one attached hydrogen (secondary N) is 1. The maximum Gasteiger partial charge on any atom is 0.257 e. The second-order valence-corrected chi connectivity index (χ2v) is 7.02. The van der Waals surface area contributed by atoms with Crippen molar-refractivity contribution >= 4 is 11.8 Å². The standard InChI is InChI=1S/C20H28N2O4/c1-25-14-9-10-16(18(13-14)26-2)20(24)22-12-5-3-4-11-21-19(23)15-7-6-8-17(15)22/h9-10,13,15,17H,3-8,11-12H2,1-2H3,(H,21,23)/t15-,17+/m1/s1. The molecule has 0 radical (unpaired) electrons. The fourth-order valence-corrected chi connectivity index (χ4v) is 4.09. The zero-order chi connectivity index (χ0) is 18.5. The Morgan fingerprint density at radius 2 is 1.96 bits per heavy atom. The number of ether oxygens (including phenoxy) is 2. The summed E-state index contributed by atoms with van der Waals surface area (Å²) >= 11 is 0. The Hall–Kier alpha value is -2.24. The van der Waals surface area contributed by atoms with E-state index >= 15 is 0 Å². The minimum atomic E-state index is -0.110. The van der Waals surface area contributed by atoms with Crippen molar-refractivity contribution in [1.82, 2.24) is 10.2 Å². The van der Waals surface area contributed by atoms with Crippen molar-refractivity contribution in [1.29, 1.82) is 0 Å². The fourth-order valence-electron chi connectivity index (χ4n) is 4.09. The second kappa shape index (κ2) is 8.43. The maximum absolute atomic E-state index is 13.4. The molecule has 2 aliphatic rings. The molecule has 2 atom stereocenters. The van der Waals surface area contributed by atoms with Crippen LogP contribution in [0, 0.1) is 5.92 Å². The molecular weight excluding hydrogens is 332 g/mol. The van der Waals surface area contributed by atoms with Gasteiger partial charge in [-0.05, 0) is 44.2 Å². The molecule has 0 unspecified atom stereocenters. The topological polar surface area (TPSA) is 67.9 Å². The molecule has 1 heterocycles. The molecule has 1 aromatic rings. The number of amides is 2. The molecule has 1 saturated heterocycles. The van der Waals surface area contributed by atoms with Crippen LogP contribution in [0.3, 0.4) is 0 Å². The van der Waals surface area contributed by atoms with Crippen LogP contribution in [0.1, 0.15) is 48.9 Å². The van der Waals surface area contributed by atoms with Gasteiger partial charge in [-0.2, -0.15) is 0 Å². The third-order valence-electron chi connectivity index (χ3n) is 5.49. The molecule has 0 bridgehead atoms. The Morgan fingerprint density at radius 3 is 2.73 bits per heavy atom. The normalized spacial score (nSPS) is 23.8.